The van der Waals surface area contributed by atoms with Gasteiger partial charge in [-0.2, -0.15) is 0 Å². The summed E-state index contributed by atoms with van der Waals surface area (Å²) < 4.78 is 0. The molecule has 0 aromatic carbocycles. The van der Waals surface area contributed by atoms with Gasteiger partial charge in [0, 0.05) is 24.8 Å². The Hall–Kier alpha value is -0.940. The molecule has 11 heteroatoms. The molecule has 0 aromatic heterocycles. The van der Waals surface area contributed by atoms with Crippen molar-refractivity contribution in [2.24, 2.45) is 0 Å². The van der Waals surface area contributed by atoms with Crippen LogP contribution in [-0.4, -0.2) is 84.0 Å². The fraction of sp³-hybridized carbons (Fsp3) is 0.500. The zero-order chi connectivity index (χ0) is 14.9. The summed E-state index contributed by atoms with van der Waals surface area (Å²) in [4.78, 5) is 38.3. The van der Waals surface area contributed by atoms with Crippen LogP contribution in [0.4, 0.5) is 0 Å². The third-order valence-corrected chi connectivity index (χ3v) is 1.26. The van der Waals surface area contributed by atoms with Gasteiger partial charge in [0.1, 0.15) is 0 Å². The predicted octanol–water partition coefficient (Wildman–Crippen LogP) is -7.68. The summed E-state index contributed by atoms with van der Waals surface area (Å²) in [5.74, 6) is -6.85. The second-order valence-corrected chi connectivity index (χ2v) is 2.82. The Morgan fingerprint density at radius 2 is 1.00 bits per heavy atom. The molecule has 10 nitrogen and oxygen atoms in total. The van der Waals surface area contributed by atoms with Crippen LogP contribution in [0.15, 0.2) is 0 Å². The Morgan fingerprint density at radius 1 is 0.789 bits per heavy atom. The van der Waals surface area contributed by atoms with Gasteiger partial charge in [0.2, 0.25) is 0 Å². The molecule has 2 N–H and O–H groups in total. The standard InChI is InChI=1S/2C4H6O5.Ca/c2*5-2(4(8)9)1-3(6)7;/h2*2,5H,1H2,(H,6,7)(H,8,9);/q;;+2/p-2/t2*2-;/m00./s1. The van der Waals surface area contributed by atoms with E-state index in [0.29, 0.717) is 0 Å². The van der Waals surface area contributed by atoms with Crippen LogP contribution in [0.5, 0.6) is 0 Å². The van der Waals surface area contributed by atoms with E-state index in [9.17, 15) is 39.6 Å². The normalized spacial score (nSPS) is 11.9. The summed E-state index contributed by atoms with van der Waals surface area (Å²) in [5, 5.41) is 54.7. The molecule has 0 unspecified atom stereocenters. The van der Waals surface area contributed by atoms with Crippen molar-refractivity contribution in [2.75, 3.05) is 0 Å². The van der Waals surface area contributed by atoms with Gasteiger partial charge in [-0.05, 0) is 0 Å². The van der Waals surface area contributed by atoms with Crippen molar-refractivity contribution in [3.05, 3.63) is 0 Å². The molecule has 0 aromatic rings. The fourth-order valence-corrected chi connectivity index (χ4v) is 0.482. The Labute approximate surface area is 139 Å². The Kier molecular flexibility index (Phi) is 14.8. The molecule has 2 atom stereocenters. The minimum Gasteiger partial charge on any atom is -0.550 e. The van der Waals surface area contributed by atoms with Gasteiger partial charge in [-0.25, -0.2) is 0 Å². The van der Waals surface area contributed by atoms with Gasteiger partial charge < -0.3 is 49.8 Å². The van der Waals surface area contributed by atoms with E-state index in [4.69, 9.17) is 10.2 Å². The number of carboxylic acids is 4. The summed E-state index contributed by atoms with van der Waals surface area (Å²) in [5.41, 5.74) is 0. The summed E-state index contributed by atoms with van der Waals surface area (Å²) >= 11 is 0. The first-order chi connectivity index (χ1) is 8.07. The van der Waals surface area contributed by atoms with Crippen molar-refractivity contribution in [3.8, 4) is 0 Å². The van der Waals surface area contributed by atoms with Crippen LogP contribution in [0.3, 0.4) is 0 Å². The number of hydrogen-bond donors (Lipinski definition) is 2. The third-order valence-electron chi connectivity index (χ3n) is 1.26. The number of aliphatic carboxylic acids is 4. The zero-order valence-corrected chi connectivity index (χ0v) is 11.6. The molecular formula is C8H10CaO10. The van der Waals surface area contributed by atoms with Crippen LogP contribution < -0.4 is 20.4 Å². The number of carbonyl (C=O) groups excluding carboxylic acids is 4. The summed E-state index contributed by atoms with van der Waals surface area (Å²) in [6.45, 7) is 0. The first kappa shape index (κ1) is 23.2. The minimum atomic E-state index is -1.96. The second kappa shape index (κ2) is 12.1. The van der Waals surface area contributed by atoms with Gasteiger partial charge in [-0.3, -0.25) is 0 Å². The van der Waals surface area contributed by atoms with Crippen LogP contribution in [0.25, 0.3) is 0 Å². The molecule has 0 saturated heterocycles. The zero-order valence-electron chi connectivity index (χ0n) is 11.4. The molecule has 0 heterocycles. The second-order valence-electron chi connectivity index (χ2n) is 2.82. The van der Waals surface area contributed by atoms with E-state index in [0.717, 1.165) is 0 Å². The molecule has 0 spiro atoms. The van der Waals surface area contributed by atoms with Gasteiger partial charge in [0.05, 0.1) is 24.1 Å². The van der Waals surface area contributed by atoms with E-state index in [2.05, 4.69) is 0 Å². The van der Waals surface area contributed by atoms with Crippen LogP contribution >= 0.6 is 0 Å². The first-order valence-electron chi connectivity index (χ1n) is 4.25. The summed E-state index contributed by atoms with van der Waals surface area (Å²) in [6, 6.07) is 0. The molecule has 0 rings (SSSR count). The van der Waals surface area contributed by atoms with Gasteiger partial charge in [0.15, 0.2) is 0 Å². The molecule has 0 aliphatic heterocycles. The van der Waals surface area contributed by atoms with Gasteiger partial charge >= 0.3 is 40.6 Å². The van der Waals surface area contributed by atoms with Gasteiger partial charge in [-0.15, -0.1) is 0 Å². The maximum absolute atomic E-state index is 9.58. The molecule has 19 heavy (non-hydrogen) atoms. The van der Waals surface area contributed by atoms with Crippen LogP contribution in [-0.2, 0) is 19.2 Å². The van der Waals surface area contributed by atoms with E-state index < -0.39 is 48.9 Å². The van der Waals surface area contributed by atoms with Crippen molar-refractivity contribution in [2.45, 2.75) is 25.0 Å². The van der Waals surface area contributed by atoms with Crippen molar-refractivity contribution < 1.29 is 52.7 Å². The Morgan fingerprint density at radius 3 is 1.05 bits per heavy atom. The predicted molar refractivity (Wildman–Crippen MR) is 49.3 cm³/mol. The number of carbonyl (C=O) groups is 4. The van der Waals surface area contributed by atoms with Crippen LogP contribution in [0, 0.1) is 0 Å². The van der Waals surface area contributed by atoms with Crippen molar-refractivity contribution >= 4 is 61.6 Å². The summed E-state index contributed by atoms with van der Waals surface area (Å²) in [7, 11) is 0. The fourth-order valence-electron chi connectivity index (χ4n) is 0.482. The molecule has 104 valence electrons. The molecule has 0 fully saturated rings. The Balaban J connectivity index is -0.0000000711. The quantitative estimate of drug-likeness (QED) is 0.443. The smallest absolute Gasteiger partial charge is 0.550 e. The largest absolute Gasteiger partial charge is 2.00 e. The summed E-state index contributed by atoms with van der Waals surface area (Å²) in [6.07, 6.45) is -5.78. The van der Waals surface area contributed by atoms with Crippen LogP contribution in [0.1, 0.15) is 15.7 Å². The number of aliphatic hydroxyl groups is 2. The minimum absolute atomic E-state index is 0. The van der Waals surface area contributed by atoms with E-state index in [-0.39, 0.29) is 40.6 Å². The first-order valence-corrected chi connectivity index (χ1v) is 4.25. The molecule has 0 radical (unpaired) electrons. The average molecular weight is 306 g/mol. The maximum atomic E-state index is 9.58. The van der Waals surface area contributed by atoms with Crippen molar-refractivity contribution in [1.82, 2.24) is 0 Å². The van der Waals surface area contributed by atoms with E-state index in [1.807, 2.05) is 0 Å². The number of rotatable bonds is 6. The molecule has 0 aliphatic rings. The molecular weight excluding hydrogens is 296 g/mol. The topological polar surface area (TPSA) is 201 Å². The maximum Gasteiger partial charge on any atom is 2.00 e. The third kappa shape index (κ3) is 17.1. The van der Waals surface area contributed by atoms with Crippen molar-refractivity contribution in [3.63, 3.8) is 0 Å². The molecule has 0 aliphatic carbocycles. The molecule has 0 amide bonds. The molecule has 0 saturated carbocycles. The average Bonchev–Trinajstić information content (AvgIpc) is 2.16. The number of carboxylic acid groups (broad SMARTS) is 4. The Bertz CT molecular complexity index is 305. The van der Waals surface area contributed by atoms with Gasteiger partial charge in [-0.1, -0.05) is 0 Å². The SMILES string of the molecule is O=C([O-])C[C@H](O)C(=O)[O-].O=C([O-])C[C@H](O)C(=O)[O-].[Ca+2].[H+].[H+]. The monoisotopic (exact) mass is 306 g/mol. The van der Waals surface area contributed by atoms with E-state index in [1.54, 1.807) is 0 Å². The van der Waals surface area contributed by atoms with Crippen LogP contribution in [0.2, 0.25) is 0 Å². The number of aliphatic hydroxyl groups excluding tert-OH is 2. The number of hydrogen-bond acceptors (Lipinski definition) is 10. The van der Waals surface area contributed by atoms with Gasteiger partial charge in [0.25, 0.3) is 0 Å². The van der Waals surface area contributed by atoms with E-state index >= 15 is 0 Å². The van der Waals surface area contributed by atoms with E-state index in [1.165, 1.54) is 0 Å². The van der Waals surface area contributed by atoms with Crippen molar-refractivity contribution in [1.29, 1.82) is 0 Å². The molecule has 0 bridgehead atoms.